The molecule has 0 N–H and O–H groups in total. The van der Waals surface area contributed by atoms with Crippen molar-refractivity contribution >= 4 is 0 Å². The van der Waals surface area contributed by atoms with Crippen molar-refractivity contribution in [1.82, 2.24) is 0 Å². The summed E-state index contributed by atoms with van der Waals surface area (Å²) in [5.41, 5.74) is 12.8. The predicted molar refractivity (Wildman–Crippen MR) is 92.7 cm³/mol. The van der Waals surface area contributed by atoms with E-state index in [1.165, 1.54) is 44.9 Å². The van der Waals surface area contributed by atoms with Gasteiger partial charge < -0.3 is 0 Å². The molecule has 5 rings (SSSR count). The van der Waals surface area contributed by atoms with Crippen LogP contribution >= 0.6 is 0 Å². The molecule has 0 amide bonds. The Morgan fingerprint density at radius 2 is 1.32 bits per heavy atom. The van der Waals surface area contributed by atoms with E-state index in [0.717, 1.165) is 12.3 Å². The lowest BCUT2D eigenvalue weighted by atomic mass is 9.81. The first kappa shape index (κ1) is 12.9. The summed E-state index contributed by atoms with van der Waals surface area (Å²) >= 11 is 0. The van der Waals surface area contributed by atoms with E-state index in [-0.39, 0.29) is 0 Å². The topological polar surface area (TPSA) is 0 Å². The fourth-order valence-electron chi connectivity index (χ4n) is 4.97. The van der Waals surface area contributed by atoms with Gasteiger partial charge in [0.2, 0.25) is 0 Å². The Balaban J connectivity index is 1.67. The Morgan fingerprint density at radius 3 is 2.14 bits per heavy atom. The first-order valence-electron chi connectivity index (χ1n) is 9.10. The number of hydrogen-bond acceptors (Lipinski definition) is 0. The highest BCUT2D eigenvalue weighted by Gasteiger charge is 2.25. The van der Waals surface area contributed by atoms with Gasteiger partial charge in [0.05, 0.1) is 0 Å². The van der Waals surface area contributed by atoms with E-state index in [1.54, 1.807) is 44.5 Å². The summed E-state index contributed by atoms with van der Waals surface area (Å²) in [7, 11) is 0. The highest BCUT2D eigenvalue weighted by Crippen LogP contribution is 2.43. The number of aryl methyl sites for hydroxylation is 3. The molecule has 0 fully saturated rings. The highest BCUT2D eigenvalue weighted by atomic mass is 14.3. The Labute approximate surface area is 133 Å². The maximum Gasteiger partial charge on any atom is -0.00132 e. The summed E-state index contributed by atoms with van der Waals surface area (Å²) < 4.78 is 0. The Morgan fingerprint density at radius 1 is 0.682 bits per heavy atom. The van der Waals surface area contributed by atoms with Crippen LogP contribution in [-0.2, 0) is 25.7 Å². The maximum absolute atomic E-state index is 2.55. The number of fused-ring (bicyclic) bond motifs is 5. The van der Waals surface area contributed by atoms with Crippen LogP contribution in [0, 0.1) is 0 Å². The first-order valence-corrected chi connectivity index (χ1v) is 9.10. The monoisotopic (exact) mass is 288 g/mol. The van der Waals surface area contributed by atoms with Crippen molar-refractivity contribution in [2.75, 3.05) is 0 Å². The van der Waals surface area contributed by atoms with E-state index in [0.29, 0.717) is 0 Å². The normalized spacial score (nSPS) is 21.8. The molecular weight excluding hydrogens is 264 g/mol. The fraction of sp³-hybridized carbons (Fsp3) is 0.455. The van der Waals surface area contributed by atoms with Gasteiger partial charge >= 0.3 is 0 Å². The molecule has 2 aromatic carbocycles. The largest absolute Gasteiger partial charge is 0.0584 e. The maximum atomic E-state index is 2.55. The van der Waals surface area contributed by atoms with E-state index < -0.39 is 0 Å². The molecule has 1 unspecified atom stereocenters. The van der Waals surface area contributed by atoms with Gasteiger partial charge in [0, 0.05) is 0 Å². The van der Waals surface area contributed by atoms with Gasteiger partial charge in [-0.1, -0.05) is 31.2 Å². The van der Waals surface area contributed by atoms with Crippen molar-refractivity contribution in [2.24, 2.45) is 0 Å². The van der Waals surface area contributed by atoms with Gasteiger partial charge in [0.25, 0.3) is 0 Å². The summed E-state index contributed by atoms with van der Waals surface area (Å²) in [4.78, 5) is 0. The summed E-state index contributed by atoms with van der Waals surface area (Å²) in [6, 6.07) is 10.2. The Hall–Kier alpha value is -1.56. The smallest absolute Gasteiger partial charge is 0.00132 e. The molecule has 22 heavy (non-hydrogen) atoms. The quantitative estimate of drug-likeness (QED) is 0.507. The van der Waals surface area contributed by atoms with Crippen LogP contribution in [0.5, 0.6) is 0 Å². The molecule has 0 nitrogen and oxygen atoms in total. The fourth-order valence-corrected chi connectivity index (χ4v) is 4.97. The average Bonchev–Trinajstić information content (AvgIpc) is 2.88. The third kappa shape index (κ3) is 1.82. The molecule has 0 saturated heterocycles. The minimum atomic E-state index is 0.756. The van der Waals surface area contributed by atoms with Crippen LogP contribution in [0.1, 0.15) is 71.9 Å². The predicted octanol–water partition coefficient (Wildman–Crippen LogP) is 5.58. The molecule has 0 saturated carbocycles. The number of hydrogen-bond donors (Lipinski definition) is 0. The van der Waals surface area contributed by atoms with E-state index in [9.17, 15) is 0 Å². The summed E-state index contributed by atoms with van der Waals surface area (Å²) in [5, 5.41) is 0. The molecule has 0 aromatic heterocycles. The van der Waals surface area contributed by atoms with Gasteiger partial charge in [-0.25, -0.2) is 0 Å². The van der Waals surface area contributed by atoms with Crippen molar-refractivity contribution in [3.05, 3.63) is 57.6 Å². The average molecular weight is 288 g/mol. The standard InChI is InChI=1S/C22H24/c1-14-5-4-8-17-12-22-19(13-20(14)17)10-18-9-15-6-2-3-7-16(15)11-21(18)22/h9,11-14H,2-8,10H2,1H3. The zero-order chi connectivity index (χ0) is 14.7. The number of benzene rings is 2. The Bertz CT molecular complexity index is 766. The van der Waals surface area contributed by atoms with Crippen LogP contribution in [0.15, 0.2) is 24.3 Å². The molecule has 0 heterocycles. The second-order valence-corrected chi connectivity index (χ2v) is 7.66. The van der Waals surface area contributed by atoms with Crippen molar-refractivity contribution in [1.29, 1.82) is 0 Å². The molecule has 3 aliphatic carbocycles. The molecule has 2 aromatic rings. The van der Waals surface area contributed by atoms with E-state index in [4.69, 9.17) is 0 Å². The van der Waals surface area contributed by atoms with Crippen LogP contribution in [0.25, 0.3) is 11.1 Å². The van der Waals surface area contributed by atoms with Crippen LogP contribution < -0.4 is 0 Å². The lowest BCUT2D eigenvalue weighted by Gasteiger charge is -2.23. The molecule has 0 bridgehead atoms. The van der Waals surface area contributed by atoms with Gasteiger partial charge in [-0.15, -0.1) is 0 Å². The zero-order valence-electron chi connectivity index (χ0n) is 13.5. The summed E-state index contributed by atoms with van der Waals surface area (Å²) in [5.74, 6) is 0.756. The summed E-state index contributed by atoms with van der Waals surface area (Å²) in [6.07, 6.45) is 10.5. The third-order valence-corrected chi connectivity index (χ3v) is 6.22. The SMILES string of the molecule is CC1CCCc2cc3c(cc21)Cc1cc2c(cc1-3)CCCC2. The van der Waals surface area contributed by atoms with Gasteiger partial charge in [-0.2, -0.15) is 0 Å². The van der Waals surface area contributed by atoms with Gasteiger partial charge in [0.15, 0.2) is 0 Å². The molecule has 0 heteroatoms. The highest BCUT2D eigenvalue weighted by molar-refractivity contribution is 5.79. The van der Waals surface area contributed by atoms with Crippen LogP contribution in [-0.4, -0.2) is 0 Å². The molecule has 112 valence electrons. The second-order valence-electron chi connectivity index (χ2n) is 7.66. The van der Waals surface area contributed by atoms with Crippen molar-refractivity contribution in [3.8, 4) is 11.1 Å². The van der Waals surface area contributed by atoms with Gasteiger partial charge in [-0.05, 0) is 102 Å². The minimum absolute atomic E-state index is 0.756. The molecule has 1 atom stereocenters. The van der Waals surface area contributed by atoms with Crippen LogP contribution in [0.2, 0.25) is 0 Å². The van der Waals surface area contributed by atoms with E-state index in [2.05, 4.69) is 31.2 Å². The molecule has 0 radical (unpaired) electrons. The third-order valence-electron chi connectivity index (χ3n) is 6.22. The first-order chi connectivity index (χ1) is 10.8. The minimum Gasteiger partial charge on any atom is -0.0584 e. The zero-order valence-corrected chi connectivity index (χ0v) is 13.5. The van der Waals surface area contributed by atoms with Crippen molar-refractivity contribution in [2.45, 2.75) is 64.2 Å². The molecule has 0 aliphatic heterocycles. The van der Waals surface area contributed by atoms with Crippen molar-refractivity contribution < 1.29 is 0 Å². The molecule has 0 spiro atoms. The van der Waals surface area contributed by atoms with E-state index in [1.807, 2.05) is 0 Å². The van der Waals surface area contributed by atoms with Crippen LogP contribution in [0.4, 0.5) is 0 Å². The lowest BCUT2D eigenvalue weighted by Crippen LogP contribution is -2.07. The Kier molecular flexibility index (Phi) is 2.77. The van der Waals surface area contributed by atoms with Gasteiger partial charge in [-0.3, -0.25) is 0 Å². The lowest BCUT2D eigenvalue weighted by molar-refractivity contribution is 0.590. The van der Waals surface area contributed by atoms with Crippen LogP contribution in [0.3, 0.4) is 0 Å². The summed E-state index contributed by atoms with van der Waals surface area (Å²) in [6.45, 7) is 2.41. The second kappa shape index (κ2) is 4.72. The number of rotatable bonds is 0. The van der Waals surface area contributed by atoms with Crippen molar-refractivity contribution in [3.63, 3.8) is 0 Å². The van der Waals surface area contributed by atoms with Gasteiger partial charge in [0.1, 0.15) is 0 Å². The molecule has 3 aliphatic rings. The van der Waals surface area contributed by atoms with E-state index >= 15 is 0 Å². The molecular formula is C22H24.